The van der Waals surface area contributed by atoms with Gasteiger partial charge in [-0.25, -0.2) is 0 Å². The Balaban J connectivity index is 3.47. The van der Waals surface area contributed by atoms with Gasteiger partial charge in [0.15, 0.2) is 0 Å². The number of amides is 1. The molecule has 0 aromatic rings. The normalized spacial score (nSPS) is 12.8. The number of nitrogens with one attached hydrogen (secondary N) is 1. The molecule has 0 fully saturated rings. The molecule has 1 amide bonds. The molecule has 62 heavy (non-hydrogen) atoms. The Morgan fingerprint density at radius 1 is 0.452 bits per heavy atom. The molecule has 2 unspecified atom stereocenters. The van der Waals surface area contributed by atoms with Gasteiger partial charge >= 0.3 is 5.97 Å². The number of esters is 1. The van der Waals surface area contributed by atoms with Crippen molar-refractivity contribution in [1.29, 1.82) is 0 Å². The first kappa shape index (κ1) is 60.3. The summed E-state index contributed by atoms with van der Waals surface area (Å²) in [4.78, 5) is 24.5. The van der Waals surface area contributed by atoms with Crippen molar-refractivity contribution < 1.29 is 24.5 Å². The Kier molecular flexibility index (Phi) is 50.6. The molecule has 0 aliphatic heterocycles. The number of hydrogen-bond donors (Lipinski definition) is 3. The van der Waals surface area contributed by atoms with Crippen LogP contribution in [-0.2, 0) is 14.3 Å². The standard InChI is InChI=1S/C56H107NO5/c1-3-5-7-9-11-13-15-17-19-21-23-25-27-29-34-38-42-46-50-56(61)62-51-47-43-39-35-31-30-33-37-41-45-49-55(60)57-53(52-58)54(59)48-44-40-36-32-28-26-24-22-20-18-16-14-12-10-8-6-4-2/h13,15,19,21,53-54,58-59H,3-12,14,16-18,20,22-52H2,1-2H3,(H,57,60)/b15-13-,21-19-. The van der Waals surface area contributed by atoms with Crippen LogP contribution in [0, 0.1) is 0 Å². The van der Waals surface area contributed by atoms with Gasteiger partial charge in [0.1, 0.15) is 0 Å². The van der Waals surface area contributed by atoms with Crippen LogP contribution in [0.15, 0.2) is 24.3 Å². The van der Waals surface area contributed by atoms with Gasteiger partial charge in [-0.1, -0.05) is 250 Å². The lowest BCUT2D eigenvalue weighted by Gasteiger charge is -2.22. The van der Waals surface area contributed by atoms with Gasteiger partial charge in [0.25, 0.3) is 0 Å². The fourth-order valence-electron chi connectivity index (χ4n) is 8.49. The predicted molar refractivity (Wildman–Crippen MR) is 269 cm³/mol. The van der Waals surface area contributed by atoms with E-state index in [2.05, 4.69) is 43.5 Å². The fourth-order valence-corrected chi connectivity index (χ4v) is 8.49. The summed E-state index contributed by atoms with van der Waals surface area (Å²) in [5.41, 5.74) is 0. The Morgan fingerprint density at radius 3 is 1.24 bits per heavy atom. The summed E-state index contributed by atoms with van der Waals surface area (Å²) in [7, 11) is 0. The van der Waals surface area contributed by atoms with Crippen molar-refractivity contribution in [2.45, 2.75) is 309 Å². The number of aliphatic hydroxyl groups is 2. The summed E-state index contributed by atoms with van der Waals surface area (Å²) < 4.78 is 5.47. The van der Waals surface area contributed by atoms with Crippen molar-refractivity contribution in [2.75, 3.05) is 13.2 Å². The zero-order chi connectivity index (χ0) is 45.1. The minimum atomic E-state index is -0.680. The Morgan fingerprint density at radius 2 is 0.806 bits per heavy atom. The molecule has 0 heterocycles. The van der Waals surface area contributed by atoms with Crippen molar-refractivity contribution >= 4 is 11.9 Å². The van der Waals surface area contributed by atoms with E-state index in [9.17, 15) is 19.8 Å². The Labute approximate surface area is 386 Å². The maximum Gasteiger partial charge on any atom is 0.305 e. The molecule has 0 spiro atoms. The molecule has 0 aromatic heterocycles. The van der Waals surface area contributed by atoms with E-state index in [1.54, 1.807) is 0 Å². The number of unbranched alkanes of at least 4 members (excludes halogenated alkanes) is 36. The van der Waals surface area contributed by atoms with Crippen molar-refractivity contribution in [1.82, 2.24) is 5.32 Å². The van der Waals surface area contributed by atoms with Gasteiger partial charge in [-0.05, 0) is 57.8 Å². The number of hydrogen-bond acceptors (Lipinski definition) is 5. The van der Waals surface area contributed by atoms with Crippen LogP contribution in [-0.4, -0.2) is 47.4 Å². The zero-order valence-corrected chi connectivity index (χ0v) is 41.6. The molecule has 0 bridgehead atoms. The highest BCUT2D eigenvalue weighted by Crippen LogP contribution is 2.17. The van der Waals surface area contributed by atoms with Crippen LogP contribution in [0.3, 0.4) is 0 Å². The number of carbonyl (C=O) groups excluding carboxylic acids is 2. The maximum absolute atomic E-state index is 12.5. The third-order valence-electron chi connectivity index (χ3n) is 12.8. The van der Waals surface area contributed by atoms with E-state index in [4.69, 9.17) is 4.74 Å². The van der Waals surface area contributed by atoms with E-state index in [1.165, 1.54) is 199 Å². The maximum atomic E-state index is 12.5. The van der Waals surface area contributed by atoms with Crippen LogP contribution < -0.4 is 5.32 Å². The molecule has 0 saturated heterocycles. The highest BCUT2D eigenvalue weighted by Gasteiger charge is 2.20. The second kappa shape index (κ2) is 52.0. The SMILES string of the molecule is CCCCCC/C=C\C/C=C\CCCCCCCCCC(=O)OCCCCCCCCCCCCC(=O)NC(CO)C(O)CCCCCCCCCCCCCCCCCCC. The van der Waals surface area contributed by atoms with Crippen molar-refractivity contribution in [3.8, 4) is 0 Å². The average molecular weight is 874 g/mol. The van der Waals surface area contributed by atoms with E-state index in [0.29, 0.717) is 25.9 Å². The van der Waals surface area contributed by atoms with E-state index in [-0.39, 0.29) is 18.5 Å². The molecule has 0 aromatic carbocycles. The summed E-state index contributed by atoms with van der Waals surface area (Å²) in [6.07, 6.45) is 61.5. The molecule has 6 heteroatoms. The third kappa shape index (κ3) is 47.8. The molecular weight excluding hydrogens is 767 g/mol. The lowest BCUT2D eigenvalue weighted by Crippen LogP contribution is -2.45. The third-order valence-corrected chi connectivity index (χ3v) is 12.8. The Hall–Kier alpha value is -1.66. The van der Waals surface area contributed by atoms with E-state index in [0.717, 1.165) is 64.2 Å². The molecule has 6 nitrogen and oxygen atoms in total. The summed E-state index contributed by atoms with van der Waals surface area (Å²) >= 11 is 0. The summed E-state index contributed by atoms with van der Waals surface area (Å²) in [6.45, 7) is 4.89. The molecule has 366 valence electrons. The minimum absolute atomic E-state index is 0.0256. The van der Waals surface area contributed by atoms with Crippen LogP contribution in [0.25, 0.3) is 0 Å². The Bertz CT molecular complexity index is 966. The van der Waals surface area contributed by atoms with Gasteiger partial charge in [0, 0.05) is 12.8 Å². The average Bonchev–Trinajstić information content (AvgIpc) is 3.27. The van der Waals surface area contributed by atoms with Crippen LogP contribution in [0.1, 0.15) is 296 Å². The molecule has 0 rings (SSSR count). The van der Waals surface area contributed by atoms with Gasteiger partial charge in [0.2, 0.25) is 5.91 Å². The highest BCUT2D eigenvalue weighted by atomic mass is 16.5. The lowest BCUT2D eigenvalue weighted by atomic mass is 10.0. The van der Waals surface area contributed by atoms with Crippen LogP contribution in [0.5, 0.6) is 0 Å². The quantitative estimate of drug-likeness (QED) is 0.0321. The molecule has 0 saturated carbocycles. The fraction of sp³-hybridized carbons (Fsp3) is 0.893. The number of carbonyl (C=O) groups is 2. The van der Waals surface area contributed by atoms with Crippen LogP contribution >= 0.6 is 0 Å². The lowest BCUT2D eigenvalue weighted by molar-refractivity contribution is -0.143. The molecule has 0 aliphatic rings. The van der Waals surface area contributed by atoms with Crippen LogP contribution in [0.4, 0.5) is 0 Å². The number of rotatable bonds is 51. The van der Waals surface area contributed by atoms with Crippen molar-refractivity contribution in [3.63, 3.8) is 0 Å². The van der Waals surface area contributed by atoms with Gasteiger partial charge in [-0.2, -0.15) is 0 Å². The molecule has 0 aliphatic carbocycles. The van der Waals surface area contributed by atoms with Crippen molar-refractivity contribution in [2.24, 2.45) is 0 Å². The predicted octanol–water partition coefficient (Wildman–Crippen LogP) is 16.7. The summed E-state index contributed by atoms with van der Waals surface area (Å²) in [5, 5.41) is 23.3. The summed E-state index contributed by atoms with van der Waals surface area (Å²) in [5.74, 6) is -0.0823. The van der Waals surface area contributed by atoms with Gasteiger partial charge in [-0.3, -0.25) is 9.59 Å². The minimum Gasteiger partial charge on any atom is -0.466 e. The monoisotopic (exact) mass is 874 g/mol. The molecule has 2 atom stereocenters. The molecule has 0 radical (unpaired) electrons. The van der Waals surface area contributed by atoms with Gasteiger partial charge in [0.05, 0.1) is 25.4 Å². The largest absolute Gasteiger partial charge is 0.466 e. The van der Waals surface area contributed by atoms with Gasteiger partial charge in [-0.15, -0.1) is 0 Å². The zero-order valence-electron chi connectivity index (χ0n) is 41.6. The highest BCUT2D eigenvalue weighted by molar-refractivity contribution is 5.76. The number of aliphatic hydroxyl groups excluding tert-OH is 2. The van der Waals surface area contributed by atoms with E-state index >= 15 is 0 Å². The second-order valence-corrected chi connectivity index (χ2v) is 18.9. The first-order valence-electron chi connectivity index (χ1n) is 27.6. The number of allylic oxidation sites excluding steroid dienone is 4. The first-order valence-corrected chi connectivity index (χ1v) is 27.6. The molecule has 3 N–H and O–H groups in total. The smallest absolute Gasteiger partial charge is 0.305 e. The van der Waals surface area contributed by atoms with Gasteiger partial charge < -0.3 is 20.3 Å². The topological polar surface area (TPSA) is 95.9 Å². The number of ether oxygens (including phenoxy) is 1. The van der Waals surface area contributed by atoms with E-state index < -0.39 is 12.1 Å². The second-order valence-electron chi connectivity index (χ2n) is 18.9. The van der Waals surface area contributed by atoms with Crippen molar-refractivity contribution in [3.05, 3.63) is 24.3 Å². The van der Waals surface area contributed by atoms with E-state index in [1.807, 2.05) is 0 Å². The van der Waals surface area contributed by atoms with Crippen LogP contribution in [0.2, 0.25) is 0 Å². The molecular formula is C56H107NO5. The first-order chi connectivity index (χ1) is 30.5. The summed E-state index contributed by atoms with van der Waals surface area (Å²) in [6, 6.07) is -0.559.